The van der Waals surface area contributed by atoms with E-state index in [-0.39, 0.29) is 13.0 Å². The molecule has 4 heteroatoms. The molecule has 0 atom stereocenters. The topological polar surface area (TPSA) is 26.3 Å². The summed E-state index contributed by atoms with van der Waals surface area (Å²) in [7, 11) is 0. The maximum Gasteiger partial charge on any atom is 0.376 e. The highest BCUT2D eigenvalue weighted by molar-refractivity contribution is 5.77. The third-order valence-electron chi connectivity index (χ3n) is 3.87. The molecule has 0 aliphatic heterocycles. The third-order valence-corrected chi connectivity index (χ3v) is 3.87. The quantitative estimate of drug-likeness (QED) is 0.262. The summed E-state index contributed by atoms with van der Waals surface area (Å²) >= 11 is 0. The van der Waals surface area contributed by atoms with Gasteiger partial charge in [-0.05, 0) is 12.8 Å². The van der Waals surface area contributed by atoms with Crippen LogP contribution in [0.15, 0.2) is 0 Å². The van der Waals surface area contributed by atoms with Gasteiger partial charge in [0, 0.05) is 6.42 Å². The van der Waals surface area contributed by atoms with Crippen LogP contribution in [0.5, 0.6) is 0 Å². The molecule has 0 aliphatic carbocycles. The van der Waals surface area contributed by atoms with Gasteiger partial charge in [-0.3, -0.25) is 0 Å². The van der Waals surface area contributed by atoms with Crippen molar-refractivity contribution in [2.24, 2.45) is 0 Å². The summed E-state index contributed by atoms with van der Waals surface area (Å²) in [4.78, 5) is 11.4. The van der Waals surface area contributed by atoms with Gasteiger partial charge in [-0.25, -0.2) is 4.79 Å². The summed E-state index contributed by atoms with van der Waals surface area (Å²) in [6.07, 6.45) is 11.4. The molecule has 0 aromatic heterocycles. The standard InChI is InChI=1S/C18H34F2O2/c1-3-5-7-9-11-13-15-18(19,20)17(21)22-16-14-12-10-8-6-4-2/h3-16H2,1-2H3. The van der Waals surface area contributed by atoms with Crippen molar-refractivity contribution in [2.45, 2.75) is 103 Å². The number of carbonyl (C=O) groups excluding carboxylic acids is 1. The van der Waals surface area contributed by atoms with Gasteiger partial charge in [0.25, 0.3) is 0 Å². The van der Waals surface area contributed by atoms with Crippen molar-refractivity contribution in [3.63, 3.8) is 0 Å². The number of hydrogen-bond donors (Lipinski definition) is 0. The van der Waals surface area contributed by atoms with Crippen LogP contribution < -0.4 is 0 Å². The molecule has 0 saturated heterocycles. The first-order valence-electron chi connectivity index (χ1n) is 9.09. The molecule has 0 unspecified atom stereocenters. The van der Waals surface area contributed by atoms with Crippen LogP contribution in [0.25, 0.3) is 0 Å². The molecule has 0 aliphatic rings. The molecule has 0 radical (unpaired) electrons. The van der Waals surface area contributed by atoms with Crippen LogP contribution in [0.4, 0.5) is 8.78 Å². The second-order valence-electron chi connectivity index (χ2n) is 6.13. The van der Waals surface area contributed by atoms with E-state index >= 15 is 0 Å². The maximum absolute atomic E-state index is 13.6. The van der Waals surface area contributed by atoms with E-state index < -0.39 is 11.9 Å². The molecule has 0 spiro atoms. The van der Waals surface area contributed by atoms with Crippen molar-refractivity contribution in [3.8, 4) is 0 Å². The molecule has 2 nitrogen and oxygen atoms in total. The lowest BCUT2D eigenvalue weighted by atomic mass is 10.1. The Morgan fingerprint density at radius 1 is 0.773 bits per heavy atom. The first kappa shape index (κ1) is 21.3. The number of hydrogen-bond acceptors (Lipinski definition) is 2. The zero-order chi connectivity index (χ0) is 16.7. The number of ether oxygens (including phenoxy) is 1. The van der Waals surface area contributed by atoms with E-state index in [9.17, 15) is 13.6 Å². The van der Waals surface area contributed by atoms with Gasteiger partial charge in [0.05, 0.1) is 6.61 Å². The summed E-state index contributed by atoms with van der Waals surface area (Å²) in [6.45, 7) is 4.39. The molecule has 0 bridgehead atoms. The van der Waals surface area contributed by atoms with E-state index in [0.717, 1.165) is 44.9 Å². The summed E-state index contributed by atoms with van der Waals surface area (Å²) in [6, 6.07) is 0. The van der Waals surface area contributed by atoms with Crippen LogP contribution in [0, 0.1) is 0 Å². The van der Waals surface area contributed by atoms with Crippen molar-refractivity contribution >= 4 is 5.97 Å². The van der Waals surface area contributed by atoms with E-state index in [1.807, 2.05) is 0 Å². The fourth-order valence-corrected chi connectivity index (χ4v) is 2.38. The third kappa shape index (κ3) is 11.9. The normalized spacial score (nSPS) is 11.6. The van der Waals surface area contributed by atoms with Crippen molar-refractivity contribution in [2.75, 3.05) is 6.61 Å². The van der Waals surface area contributed by atoms with E-state index in [1.54, 1.807) is 0 Å². The number of alkyl halides is 2. The average Bonchev–Trinajstić information content (AvgIpc) is 2.49. The van der Waals surface area contributed by atoms with Crippen LogP contribution in [0.2, 0.25) is 0 Å². The number of esters is 1. The zero-order valence-corrected chi connectivity index (χ0v) is 14.5. The Bertz CT molecular complexity index is 268. The minimum absolute atomic E-state index is 0.122. The number of rotatable bonds is 15. The first-order valence-corrected chi connectivity index (χ1v) is 9.09. The van der Waals surface area contributed by atoms with E-state index in [1.165, 1.54) is 19.3 Å². The highest BCUT2D eigenvalue weighted by Gasteiger charge is 2.39. The molecule has 132 valence electrons. The van der Waals surface area contributed by atoms with Crippen LogP contribution in [-0.2, 0) is 9.53 Å². The lowest BCUT2D eigenvalue weighted by Crippen LogP contribution is -2.31. The largest absolute Gasteiger partial charge is 0.461 e. The molecule has 0 saturated carbocycles. The average molecular weight is 320 g/mol. The summed E-state index contributed by atoms with van der Waals surface area (Å²) < 4.78 is 31.9. The maximum atomic E-state index is 13.6. The van der Waals surface area contributed by atoms with Gasteiger partial charge in [-0.2, -0.15) is 8.78 Å². The molecule has 22 heavy (non-hydrogen) atoms. The summed E-state index contributed by atoms with van der Waals surface area (Å²) in [5.41, 5.74) is 0. The van der Waals surface area contributed by atoms with Crippen LogP contribution in [0.1, 0.15) is 97.3 Å². The minimum Gasteiger partial charge on any atom is -0.461 e. The second kappa shape index (κ2) is 14.0. The molecule has 0 N–H and O–H groups in total. The summed E-state index contributed by atoms with van der Waals surface area (Å²) in [5.74, 6) is -4.65. The Labute approximate surface area is 135 Å². The SMILES string of the molecule is CCCCCCCCOC(=O)C(F)(F)CCCCCCCC. The first-order chi connectivity index (χ1) is 10.5. The molecule has 0 aromatic rings. The fourth-order valence-electron chi connectivity index (χ4n) is 2.38. The van der Waals surface area contributed by atoms with Crippen LogP contribution in [-0.4, -0.2) is 18.5 Å². The van der Waals surface area contributed by atoms with Gasteiger partial charge in [0.15, 0.2) is 0 Å². The number of unbranched alkanes of at least 4 members (excludes halogenated alkanes) is 10. The highest BCUT2D eigenvalue weighted by atomic mass is 19.3. The Hall–Kier alpha value is -0.670. The number of carbonyl (C=O) groups is 1. The Morgan fingerprint density at radius 2 is 1.23 bits per heavy atom. The Morgan fingerprint density at radius 3 is 1.77 bits per heavy atom. The van der Waals surface area contributed by atoms with Gasteiger partial charge in [0.2, 0.25) is 0 Å². The molecular formula is C18H34F2O2. The molecule has 0 rings (SSSR count). The molecule has 0 fully saturated rings. The van der Waals surface area contributed by atoms with Crippen LogP contribution in [0.3, 0.4) is 0 Å². The van der Waals surface area contributed by atoms with Gasteiger partial charge in [-0.1, -0.05) is 78.1 Å². The van der Waals surface area contributed by atoms with Gasteiger partial charge >= 0.3 is 11.9 Å². The zero-order valence-electron chi connectivity index (χ0n) is 14.5. The predicted molar refractivity (Wildman–Crippen MR) is 87.3 cm³/mol. The lowest BCUT2D eigenvalue weighted by molar-refractivity contribution is -0.173. The molecular weight excluding hydrogens is 286 g/mol. The molecule has 0 aromatic carbocycles. The Balaban J connectivity index is 3.61. The second-order valence-corrected chi connectivity index (χ2v) is 6.13. The van der Waals surface area contributed by atoms with Crippen molar-refractivity contribution in [1.82, 2.24) is 0 Å². The smallest absolute Gasteiger partial charge is 0.376 e. The fraction of sp³-hybridized carbons (Fsp3) is 0.944. The van der Waals surface area contributed by atoms with Crippen molar-refractivity contribution < 1.29 is 18.3 Å². The van der Waals surface area contributed by atoms with Gasteiger partial charge in [0.1, 0.15) is 0 Å². The van der Waals surface area contributed by atoms with Crippen molar-refractivity contribution in [3.05, 3.63) is 0 Å². The van der Waals surface area contributed by atoms with Crippen molar-refractivity contribution in [1.29, 1.82) is 0 Å². The monoisotopic (exact) mass is 320 g/mol. The van der Waals surface area contributed by atoms with Crippen LogP contribution >= 0.6 is 0 Å². The highest BCUT2D eigenvalue weighted by Crippen LogP contribution is 2.24. The van der Waals surface area contributed by atoms with E-state index in [0.29, 0.717) is 12.8 Å². The van der Waals surface area contributed by atoms with E-state index in [4.69, 9.17) is 4.74 Å². The predicted octanol–water partition coefficient (Wildman–Crippen LogP) is 6.28. The lowest BCUT2D eigenvalue weighted by Gasteiger charge is -2.15. The molecule has 0 heterocycles. The minimum atomic E-state index is -3.31. The molecule has 0 amide bonds. The van der Waals surface area contributed by atoms with E-state index in [2.05, 4.69) is 13.8 Å². The summed E-state index contributed by atoms with van der Waals surface area (Å²) in [5, 5.41) is 0. The van der Waals surface area contributed by atoms with Gasteiger partial charge < -0.3 is 4.74 Å². The Kier molecular flexibility index (Phi) is 13.5. The number of halogens is 2. The van der Waals surface area contributed by atoms with Gasteiger partial charge in [-0.15, -0.1) is 0 Å².